The van der Waals surface area contributed by atoms with Crippen LogP contribution in [0.4, 0.5) is 17.6 Å². The zero-order valence-electron chi connectivity index (χ0n) is 12.9. The van der Waals surface area contributed by atoms with E-state index in [2.05, 4.69) is 10.3 Å². The lowest BCUT2D eigenvalue weighted by Gasteiger charge is -2.38. The van der Waals surface area contributed by atoms with Crippen molar-refractivity contribution in [1.29, 1.82) is 0 Å². The van der Waals surface area contributed by atoms with Crippen LogP contribution >= 0.6 is 0 Å². The van der Waals surface area contributed by atoms with Crippen molar-refractivity contribution in [3.63, 3.8) is 0 Å². The van der Waals surface area contributed by atoms with Gasteiger partial charge in [-0.3, -0.25) is 4.79 Å². The number of amides is 1. The number of nitrogens with two attached hydrogens (primary N) is 1. The van der Waals surface area contributed by atoms with Crippen LogP contribution in [-0.4, -0.2) is 50.6 Å². The predicted molar refractivity (Wildman–Crippen MR) is 79.4 cm³/mol. The van der Waals surface area contributed by atoms with Crippen LogP contribution in [0.1, 0.15) is 23.3 Å². The summed E-state index contributed by atoms with van der Waals surface area (Å²) in [5, 5.41) is 7.37. The molecule has 6 nitrogen and oxygen atoms in total. The third-order valence-corrected chi connectivity index (χ3v) is 4.06. The average molecular weight is 357 g/mol. The van der Waals surface area contributed by atoms with Crippen molar-refractivity contribution in [3.05, 3.63) is 42.0 Å². The molecule has 2 heterocycles. The van der Waals surface area contributed by atoms with Gasteiger partial charge in [0.05, 0.1) is 11.9 Å². The minimum atomic E-state index is -4.54. The van der Waals surface area contributed by atoms with Crippen LogP contribution in [-0.2, 0) is 0 Å². The lowest BCUT2D eigenvalue weighted by molar-refractivity contribution is -0.184. The summed E-state index contributed by atoms with van der Waals surface area (Å²) in [6.45, 7) is -0.202. The number of benzene rings is 1. The molecule has 0 bridgehead atoms. The highest BCUT2D eigenvalue weighted by Crippen LogP contribution is 2.32. The lowest BCUT2D eigenvalue weighted by Crippen LogP contribution is -2.56. The first kappa shape index (κ1) is 17.3. The van der Waals surface area contributed by atoms with Crippen LogP contribution < -0.4 is 5.73 Å². The largest absolute Gasteiger partial charge is 0.408 e. The number of aromatic nitrogens is 3. The van der Waals surface area contributed by atoms with Gasteiger partial charge in [0.25, 0.3) is 5.91 Å². The Labute approximate surface area is 140 Å². The standard InChI is InChI=1S/C15H15F4N5O/c16-9-1-4-11(5-2-9)24-8-12(21-22-24)14(25)23-7-10(20)3-6-13(23)15(17,18)19/h1-2,4-5,8,10,13H,3,6-7,20H2. The molecule has 1 aliphatic rings. The SMILES string of the molecule is NC1CCC(C(F)(F)F)N(C(=O)c2cn(-c3ccc(F)cc3)nn2)C1. The molecule has 1 aromatic heterocycles. The van der Waals surface area contributed by atoms with E-state index >= 15 is 0 Å². The summed E-state index contributed by atoms with van der Waals surface area (Å²) in [6, 6.07) is 2.80. The van der Waals surface area contributed by atoms with Crippen LogP contribution in [0.2, 0.25) is 0 Å². The quantitative estimate of drug-likeness (QED) is 0.833. The molecule has 1 aliphatic heterocycles. The van der Waals surface area contributed by atoms with Crippen LogP contribution in [0.3, 0.4) is 0 Å². The fourth-order valence-corrected chi connectivity index (χ4v) is 2.79. The van der Waals surface area contributed by atoms with E-state index in [0.717, 1.165) is 0 Å². The molecule has 1 aromatic carbocycles. The first-order valence-corrected chi connectivity index (χ1v) is 7.57. The number of nitrogens with zero attached hydrogens (tertiary/aromatic N) is 4. The van der Waals surface area contributed by atoms with Gasteiger partial charge in [-0.05, 0) is 37.1 Å². The summed E-state index contributed by atoms with van der Waals surface area (Å²) in [6.07, 6.45) is -3.38. The Morgan fingerprint density at radius 1 is 1.20 bits per heavy atom. The topological polar surface area (TPSA) is 77.0 Å². The van der Waals surface area contributed by atoms with E-state index < -0.39 is 30.0 Å². The number of piperidine rings is 1. The van der Waals surface area contributed by atoms with Crippen LogP contribution in [0, 0.1) is 5.82 Å². The van der Waals surface area contributed by atoms with Crippen molar-refractivity contribution < 1.29 is 22.4 Å². The van der Waals surface area contributed by atoms with Crippen molar-refractivity contribution >= 4 is 5.91 Å². The van der Waals surface area contributed by atoms with Gasteiger partial charge in [-0.15, -0.1) is 5.10 Å². The van der Waals surface area contributed by atoms with Crippen LogP contribution in [0.5, 0.6) is 0 Å². The number of hydrogen-bond acceptors (Lipinski definition) is 4. The van der Waals surface area contributed by atoms with E-state index in [0.29, 0.717) is 10.6 Å². The monoisotopic (exact) mass is 357 g/mol. The second kappa shape index (κ2) is 6.43. The van der Waals surface area contributed by atoms with E-state index in [1.165, 1.54) is 35.1 Å². The van der Waals surface area contributed by atoms with Crippen molar-refractivity contribution in [2.24, 2.45) is 5.73 Å². The summed E-state index contributed by atoms with van der Waals surface area (Å²) in [5.74, 6) is -1.33. The zero-order valence-corrected chi connectivity index (χ0v) is 12.9. The molecule has 25 heavy (non-hydrogen) atoms. The smallest absolute Gasteiger partial charge is 0.326 e. The van der Waals surface area contributed by atoms with Crippen molar-refractivity contribution in [1.82, 2.24) is 19.9 Å². The molecule has 2 aromatic rings. The minimum absolute atomic E-state index is 0.191. The van der Waals surface area contributed by atoms with Gasteiger partial charge in [0.2, 0.25) is 0 Å². The van der Waals surface area contributed by atoms with E-state index in [1.807, 2.05) is 0 Å². The van der Waals surface area contributed by atoms with Gasteiger partial charge in [-0.25, -0.2) is 9.07 Å². The van der Waals surface area contributed by atoms with Gasteiger partial charge in [0.1, 0.15) is 11.9 Å². The second-order valence-corrected chi connectivity index (χ2v) is 5.88. The highest BCUT2D eigenvalue weighted by Gasteiger charge is 2.48. The Kier molecular flexibility index (Phi) is 4.46. The predicted octanol–water partition coefficient (Wildman–Crippen LogP) is 1.90. The van der Waals surface area contributed by atoms with E-state index in [-0.39, 0.29) is 25.1 Å². The molecule has 0 saturated carbocycles. The zero-order chi connectivity index (χ0) is 18.2. The minimum Gasteiger partial charge on any atom is -0.326 e. The normalized spacial score (nSPS) is 21.4. The number of carbonyl (C=O) groups excluding carboxylic acids is 1. The number of rotatable bonds is 2. The maximum Gasteiger partial charge on any atom is 0.408 e. The first-order valence-electron chi connectivity index (χ1n) is 7.57. The highest BCUT2D eigenvalue weighted by atomic mass is 19.4. The van der Waals surface area contributed by atoms with Gasteiger partial charge in [0.15, 0.2) is 5.69 Å². The molecular weight excluding hydrogens is 342 g/mol. The number of likely N-dealkylation sites (tertiary alicyclic amines) is 1. The maximum absolute atomic E-state index is 13.2. The molecule has 1 fully saturated rings. The number of halogens is 4. The Balaban J connectivity index is 1.85. The molecule has 3 rings (SSSR count). The number of carbonyl (C=O) groups is 1. The third-order valence-electron chi connectivity index (χ3n) is 4.06. The van der Waals surface area contributed by atoms with Crippen LogP contribution in [0.25, 0.3) is 5.69 Å². The summed E-state index contributed by atoms with van der Waals surface area (Å²) in [4.78, 5) is 13.2. The molecule has 2 unspecified atom stereocenters. The van der Waals surface area contributed by atoms with Gasteiger partial charge in [-0.1, -0.05) is 5.21 Å². The lowest BCUT2D eigenvalue weighted by atomic mass is 9.98. The fourth-order valence-electron chi connectivity index (χ4n) is 2.79. The molecular formula is C15H15F4N5O. The van der Waals surface area contributed by atoms with Gasteiger partial charge in [0, 0.05) is 12.6 Å². The Morgan fingerprint density at radius 3 is 2.52 bits per heavy atom. The molecule has 134 valence electrons. The van der Waals surface area contributed by atoms with E-state index in [9.17, 15) is 22.4 Å². The van der Waals surface area contributed by atoms with Gasteiger partial charge >= 0.3 is 6.18 Å². The Morgan fingerprint density at radius 2 is 1.88 bits per heavy atom. The Hall–Kier alpha value is -2.49. The van der Waals surface area contributed by atoms with Gasteiger partial charge < -0.3 is 10.6 Å². The molecule has 1 amide bonds. The summed E-state index contributed by atoms with van der Waals surface area (Å²) in [7, 11) is 0. The summed E-state index contributed by atoms with van der Waals surface area (Å²) >= 11 is 0. The van der Waals surface area contributed by atoms with Gasteiger partial charge in [-0.2, -0.15) is 13.2 Å². The van der Waals surface area contributed by atoms with Crippen LogP contribution in [0.15, 0.2) is 30.5 Å². The number of alkyl halides is 3. The molecule has 0 aliphatic carbocycles. The van der Waals surface area contributed by atoms with Crippen molar-refractivity contribution in [2.45, 2.75) is 31.1 Å². The fraction of sp³-hybridized carbons (Fsp3) is 0.400. The maximum atomic E-state index is 13.2. The van der Waals surface area contributed by atoms with E-state index in [1.54, 1.807) is 0 Å². The van der Waals surface area contributed by atoms with Crippen molar-refractivity contribution in [2.75, 3.05) is 6.54 Å². The van der Waals surface area contributed by atoms with E-state index in [4.69, 9.17) is 5.73 Å². The molecule has 2 N–H and O–H groups in total. The first-order chi connectivity index (χ1) is 11.8. The number of hydrogen-bond donors (Lipinski definition) is 1. The highest BCUT2D eigenvalue weighted by molar-refractivity contribution is 5.92. The Bertz CT molecular complexity index is 758. The molecule has 0 radical (unpaired) electrons. The van der Waals surface area contributed by atoms with Crippen molar-refractivity contribution in [3.8, 4) is 5.69 Å². The molecule has 0 spiro atoms. The summed E-state index contributed by atoms with van der Waals surface area (Å²) in [5.41, 5.74) is 5.92. The molecule has 10 heteroatoms. The average Bonchev–Trinajstić information content (AvgIpc) is 3.03. The third kappa shape index (κ3) is 3.63. The second-order valence-electron chi connectivity index (χ2n) is 5.88. The molecule has 2 atom stereocenters. The summed E-state index contributed by atoms with van der Waals surface area (Å²) < 4.78 is 53.7. The molecule has 1 saturated heterocycles.